The lowest BCUT2D eigenvalue weighted by atomic mass is 10.4. The van der Waals surface area contributed by atoms with E-state index >= 15 is 0 Å². The Morgan fingerprint density at radius 1 is 1.19 bits per heavy atom. The van der Waals surface area contributed by atoms with Crippen molar-refractivity contribution in [2.45, 2.75) is 19.8 Å². The third kappa shape index (κ3) is 9.26. The molecule has 0 aromatic rings. The van der Waals surface area contributed by atoms with E-state index in [0.717, 1.165) is 6.42 Å². The number of rotatable bonds is 8. The third-order valence-corrected chi connectivity index (χ3v) is 1.62. The van der Waals surface area contributed by atoms with E-state index in [-0.39, 0.29) is 25.5 Å². The molecule has 0 heterocycles. The summed E-state index contributed by atoms with van der Waals surface area (Å²) in [5.41, 5.74) is 0. The standard InChI is InChI=1S/C10H19NO5/c1-3-6-15-7-8-16-9(12)4-5-11-10(13)14-2/h3-8H2,1-2H3,(H,11,13). The second-order valence-electron chi connectivity index (χ2n) is 3.00. The van der Waals surface area contributed by atoms with Crippen LogP contribution in [0.1, 0.15) is 19.8 Å². The molecule has 0 saturated heterocycles. The lowest BCUT2D eigenvalue weighted by Crippen LogP contribution is -2.26. The van der Waals surface area contributed by atoms with E-state index in [1.54, 1.807) is 0 Å². The number of ether oxygens (including phenoxy) is 3. The van der Waals surface area contributed by atoms with Crippen LogP contribution in [0.15, 0.2) is 0 Å². The van der Waals surface area contributed by atoms with Gasteiger partial charge in [-0.2, -0.15) is 0 Å². The van der Waals surface area contributed by atoms with Crippen LogP contribution in [0.3, 0.4) is 0 Å². The van der Waals surface area contributed by atoms with Crippen LogP contribution < -0.4 is 5.32 Å². The Morgan fingerprint density at radius 3 is 2.56 bits per heavy atom. The van der Waals surface area contributed by atoms with Gasteiger partial charge in [-0.25, -0.2) is 4.79 Å². The fourth-order valence-electron chi connectivity index (χ4n) is 0.872. The van der Waals surface area contributed by atoms with Crippen LogP contribution in [0.2, 0.25) is 0 Å². The van der Waals surface area contributed by atoms with Gasteiger partial charge in [0, 0.05) is 13.2 Å². The van der Waals surface area contributed by atoms with Crippen LogP contribution in [0.4, 0.5) is 4.79 Å². The summed E-state index contributed by atoms with van der Waals surface area (Å²) in [6, 6.07) is 0. The number of hydrogen-bond acceptors (Lipinski definition) is 5. The highest BCUT2D eigenvalue weighted by atomic mass is 16.6. The van der Waals surface area contributed by atoms with E-state index < -0.39 is 6.09 Å². The van der Waals surface area contributed by atoms with Crippen molar-refractivity contribution >= 4 is 12.1 Å². The first-order valence-corrected chi connectivity index (χ1v) is 5.25. The maximum absolute atomic E-state index is 11.1. The van der Waals surface area contributed by atoms with Gasteiger partial charge in [0.15, 0.2) is 0 Å². The fourth-order valence-corrected chi connectivity index (χ4v) is 0.872. The third-order valence-electron chi connectivity index (χ3n) is 1.62. The highest BCUT2D eigenvalue weighted by Crippen LogP contribution is 1.87. The minimum absolute atomic E-state index is 0.128. The van der Waals surface area contributed by atoms with Gasteiger partial charge in [-0.3, -0.25) is 4.79 Å². The van der Waals surface area contributed by atoms with Gasteiger partial charge in [0.25, 0.3) is 0 Å². The summed E-state index contributed by atoms with van der Waals surface area (Å²) in [6.45, 7) is 3.54. The molecule has 0 bridgehead atoms. The average molecular weight is 233 g/mol. The van der Waals surface area contributed by atoms with E-state index in [2.05, 4.69) is 10.1 Å². The van der Waals surface area contributed by atoms with E-state index in [1.807, 2.05) is 6.92 Å². The molecule has 1 N–H and O–H groups in total. The second kappa shape index (κ2) is 10.2. The van der Waals surface area contributed by atoms with E-state index in [1.165, 1.54) is 7.11 Å². The molecule has 16 heavy (non-hydrogen) atoms. The van der Waals surface area contributed by atoms with E-state index in [0.29, 0.717) is 13.2 Å². The van der Waals surface area contributed by atoms with Gasteiger partial charge in [-0.15, -0.1) is 0 Å². The molecule has 0 rings (SSSR count). The molecule has 94 valence electrons. The van der Waals surface area contributed by atoms with Gasteiger partial charge >= 0.3 is 12.1 Å². The van der Waals surface area contributed by atoms with Crippen LogP contribution >= 0.6 is 0 Å². The highest BCUT2D eigenvalue weighted by Gasteiger charge is 2.04. The zero-order valence-electron chi connectivity index (χ0n) is 9.78. The van der Waals surface area contributed by atoms with E-state index in [4.69, 9.17) is 9.47 Å². The van der Waals surface area contributed by atoms with Crippen molar-refractivity contribution < 1.29 is 23.8 Å². The molecule has 0 aliphatic carbocycles. The molecule has 0 fully saturated rings. The number of carbonyl (C=O) groups is 2. The van der Waals surface area contributed by atoms with Crippen LogP contribution in [0.25, 0.3) is 0 Å². The predicted molar refractivity (Wildman–Crippen MR) is 57.1 cm³/mol. The van der Waals surface area contributed by atoms with Crippen molar-refractivity contribution in [2.24, 2.45) is 0 Å². The quantitative estimate of drug-likeness (QED) is 0.493. The number of hydrogen-bond donors (Lipinski definition) is 1. The molecule has 0 unspecified atom stereocenters. The van der Waals surface area contributed by atoms with Crippen molar-refractivity contribution in [3.8, 4) is 0 Å². The SMILES string of the molecule is CCCOCCOC(=O)CCNC(=O)OC. The first kappa shape index (κ1) is 14.7. The summed E-state index contributed by atoms with van der Waals surface area (Å²) in [4.78, 5) is 21.7. The van der Waals surface area contributed by atoms with Crippen LogP contribution in [0.5, 0.6) is 0 Å². The molecule has 6 nitrogen and oxygen atoms in total. The molecule has 0 radical (unpaired) electrons. The van der Waals surface area contributed by atoms with Gasteiger partial charge in [-0.1, -0.05) is 6.92 Å². The zero-order chi connectivity index (χ0) is 12.2. The summed E-state index contributed by atoms with van der Waals surface area (Å²) in [7, 11) is 1.26. The monoisotopic (exact) mass is 233 g/mol. The molecule has 0 aliphatic rings. The number of carbonyl (C=O) groups excluding carboxylic acids is 2. The molecular weight excluding hydrogens is 214 g/mol. The van der Waals surface area contributed by atoms with Crippen molar-refractivity contribution in [3.05, 3.63) is 0 Å². The maximum atomic E-state index is 11.1. The number of nitrogens with one attached hydrogen (secondary N) is 1. The predicted octanol–water partition coefficient (Wildman–Crippen LogP) is 0.702. The topological polar surface area (TPSA) is 73.9 Å². The molecule has 0 atom stereocenters. The second-order valence-corrected chi connectivity index (χ2v) is 3.00. The van der Waals surface area contributed by atoms with Gasteiger partial charge in [0.05, 0.1) is 20.1 Å². The van der Waals surface area contributed by atoms with Gasteiger partial charge in [-0.05, 0) is 6.42 Å². The maximum Gasteiger partial charge on any atom is 0.406 e. The van der Waals surface area contributed by atoms with Gasteiger partial charge in [0.1, 0.15) is 6.61 Å². The van der Waals surface area contributed by atoms with Crippen LogP contribution in [-0.4, -0.2) is 45.5 Å². The Labute approximate surface area is 95.2 Å². The smallest absolute Gasteiger partial charge is 0.406 e. The normalized spacial score (nSPS) is 9.62. The number of alkyl carbamates (subject to hydrolysis) is 1. The van der Waals surface area contributed by atoms with E-state index in [9.17, 15) is 9.59 Å². The van der Waals surface area contributed by atoms with Crippen molar-refractivity contribution in [1.82, 2.24) is 5.32 Å². The number of esters is 1. The van der Waals surface area contributed by atoms with Crippen molar-refractivity contribution in [1.29, 1.82) is 0 Å². The lowest BCUT2D eigenvalue weighted by Gasteiger charge is -2.05. The molecule has 0 spiro atoms. The molecule has 1 amide bonds. The van der Waals surface area contributed by atoms with Crippen LogP contribution in [-0.2, 0) is 19.0 Å². The molecule has 0 aromatic carbocycles. The first-order valence-electron chi connectivity index (χ1n) is 5.25. The molecular formula is C10H19NO5. The van der Waals surface area contributed by atoms with Crippen molar-refractivity contribution in [2.75, 3.05) is 33.5 Å². The molecule has 0 aliphatic heterocycles. The minimum Gasteiger partial charge on any atom is -0.463 e. The molecule has 0 saturated carbocycles. The minimum atomic E-state index is -0.556. The Balaban J connectivity index is 3.28. The Morgan fingerprint density at radius 2 is 1.94 bits per heavy atom. The van der Waals surface area contributed by atoms with Crippen LogP contribution in [0, 0.1) is 0 Å². The first-order chi connectivity index (χ1) is 7.70. The summed E-state index contributed by atoms with van der Waals surface area (Å²) in [6.07, 6.45) is 0.513. The number of methoxy groups -OCH3 is 1. The highest BCUT2D eigenvalue weighted by molar-refractivity contribution is 5.71. The lowest BCUT2D eigenvalue weighted by molar-refractivity contribution is -0.145. The average Bonchev–Trinajstić information content (AvgIpc) is 2.28. The molecule has 0 aromatic heterocycles. The number of amides is 1. The zero-order valence-corrected chi connectivity index (χ0v) is 9.78. The summed E-state index contributed by atoms with van der Waals surface area (Å²) >= 11 is 0. The summed E-state index contributed by atoms with van der Waals surface area (Å²) in [5.74, 6) is -0.364. The Bertz CT molecular complexity index is 207. The largest absolute Gasteiger partial charge is 0.463 e. The Hall–Kier alpha value is -1.30. The van der Waals surface area contributed by atoms with Gasteiger partial charge < -0.3 is 19.5 Å². The van der Waals surface area contributed by atoms with Gasteiger partial charge in [0.2, 0.25) is 0 Å². The summed E-state index contributed by atoms with van der Waals surface area (Å²) < 4.78 is 14.3. The molecule has 6 heteroatoms. The Kier molecular flexibility index (Phi) is 9.39. The van der Waals surface area contributed by atoms with Crippen molar-refractivity contribution in [3.63, 3.8) is 0 Å². The fraction of sp³-hybridized carbons (Fsp3) is 0.800. The summed E-state index contributed by atoms with van der Waals surface area (Å²) in [5, 5.41) is 2.38.